The zero-order valence-corrected chi connectivity index (χ0v) is 10.5. The van der Waals surface area contributed by atoms with E-state index >= 15 is 0 Å². The molecule has 0 atom stereocenters. The summed E-state index contributed by atoms with van der Waals surface area (Å²) < 4.78 is 0. The van der Waals surface area contributed by atoms with Gasteiger partial charge in [0.25, 0.3) is 0 Å². The molecule has 90 valence electrons. The summed E-state index contributed by atoms with van der Waals surface area (Å²) >= 11 is 0. The van der Waals surface area contributed by atoms with Crippen molar-refractivity contribution >= 4 is 5.71 Å². The Hall–Kier alpha value is -1.15. The zero-order chi connectivity index (χ0) is 11.7. The standard InChI is InChI=1S/C15H20N2/c1-12-4-2-3-5-14(12)10-16-15-11-17-8-6-13(15)7-9-17/h2-5,13H,6-11H2,1H3/b16-15-. The number of hydrogen-bond acceptors (Lipinski definition) is 2. The maximum Gasteiger partial charge on any atom is 0.0642 e. The van der Waals surface area contributed by atoms with Crippen molar-refractivity contribution in [2.75, 3.05) is 19.6 Å². The van der Waals surface area contributed by atoms with E-state index in [9.17, 15) is 0 Å². The smallest absolute Gasteiger partial charge is 0.0642 e. The van der Waals surface area contributed by atoms with E-state index in [-0.39, 0.29) is 0 Å². The topological polar surface area (TPSA) is 15.6 Å². The van der Waals surface area contributed by atoms with Gasteiger partial charge in [0.15, 0.2) is 0 Å². The van der Waals surface area contributed by atoms with E-state index in [0.717, 1.165) is 19.0 Å². The van der Waals surface area contributed by atoms with Crippen LogP contribution < -0.4 is 0 Å². The average molecular weight is 228 g/mol. The molecule has 2 heteroatoms. The van der Waals surface area contributed by atoms with Crippen LogP contribution in [0.25, 0.3) is 0 Å². The molecule has 3 aliphatic heterocycles. The Kier molecular flexibility index (Phi) is 2.98. The minimum atomic E-state index is 0.781. The molecule has 0 saturated carbocycles. The summed E-state index contributed by atoms with van der Waals surface area (Å²) in [6.07, 6.45) is 2.65. The van der Waals surface area contributed by atoms with Crippen molar-refractivity contribution in [1.29, 1.82) is 0 Å². The highest BCUT2D eigenvalue weighted by Crippen LogP contribution is 2.25. The Balaban J connectivity index is 1.73. The summed E-state index contributed by atoms with van der Waals surface area (Å²) in [5.41, 5.74) is 4.18. The van der Waals surface area contributed by atoms with Crippen LogP contribution in [0.15, 0.2) is 29.3 Å². The maximum atomic E-state index is 4.87. The molecule has 17 heavy (non-hydrogen) atoms. The van der Waals surface area contributed by atoms with E-state index in [1.165, 1.54) is 42.8 Å². The minimum Gasteiger partial charge on any atom is -0.298 e. The molecule has 3 saturated heterocycles. The summed E-state index contributed by atoms with van der Waals surface area (Å²) in [4.78, 5) is 7.41. The van der Waals surface area contributed by atoms with Gasteiger partial charge in [-0.3, -0.25) is 9.89 Å². The fourth-order valence-corrected chi connectivity index (χ4v) is 2.94. The number of aliphatic imine (C=N–C) groups is 1. The first-order chi connectivity index (χ1) is 8.33. The Morgan fingerprint density at radius 2 is 2.00 bits per heavy atom. The maximum absolute atomic E-state index is 4.87. The number of benzene rings is 1. The molecule has 3 aliphatic rings. The van der Waals surface area contributed by atoms with Crippen LogP contribution in [0.1, 0.15) is 24.0 Å². The van der Waals surface area contributed by atoms with Gasteiger partial charge in [-0.05, 0) is 44.0 Å². The van der Waals surface area contributed by atoms with Gasteiger partial charge in [-0.1, -0.05) is 24.3 Å². The molecule has 0 aliphatic carbocycles. The van der Waals surface area contributed by atoms with Gasteiger partial charge < -0.3 is 0 Å². The molecule has 0 spiro atoms. The van der Waals surface area contributed by atoms with Crippen LogP contribution in [-0.2, 0) is 6.54 Å². The quantitative estimate of drug-likeness (QED) is 0.760. The van der Waals surface area contributed by atoms with Gasteiger partial charge in [0.2, 0.25) is 0 Å². The SMILES string of the molecule is Cc1ccccc1C/N=C1/CN2CCC1CC2. The number of nitrogens with zero attached hydrogens (tertiary/aromatic N) is 2. The van der Waals surface area contributed by atoms with E-state index in [1.54, 1.807) is 0 Å². The average Bonchev–Trinajstić information content (AvgIpc) is 2.39. The first-order valence-electron chi connectivity index (χ1n) is 6.63. The fourth-order valence-electron chi connectivity index (χ4n) is 2.94. The molecule has 1 aromatic rings. The first-order valence-corrected chi connectivity index (χ1v) is 6.63. The molecule has 4 rings (SSSR count). The fraction of sp³-hybridized carbons (Fsp3) is 0.533. The van der Waals surface area contributed by atoms with Crippen LogP contribution >= 0.6 is 0 Å². The molecule has 0 N–H and O–H groups in total. The molecule has 0 aromatic heterocycles. The predicted molar refractivity (Wildman–Crippen MR) is 71.5 cm³/mol. The molecule has 2 nitrogen and oxygen atoms in total. The molecule has 3 fully saturated rings. The van der Waals surface area contributed by atoms with E-state index in [4.69, 9.17) is 4.99 Å². The highest BCUT2D eigenvalue weighted by Gasteiger charge is 2.30. The Morgan fingerprint density at radius 3 is 2.65 bits per heavy atom. The van der Waals surface area contributed by atoms with Crippen molar-refractivity contribution in [1.82, 2.24) is 4.90 Å². The predicted octanol–water partition coefficient (Wildman–Crippen LogP) is 2.66. The number of rotatable bonds is 2. The van der Waals surface area contributed by atoms with Crippen molar-refractivity contribution in [3.8, 4) is 0 Å². The number of hydrogen-bond donors (Lipinski definition) is 0. The minimum absolute atomic E-state index is 0.781. The van der Waals surface area contributed by atoms with Crippen molar-refractivity contribution in [3.05, 3.63) is 35.4 Å². The van der Waals surface area contributed by atoms with Gasteiger partial charge in [-0.25, -0.2) is 0 Å². The van der Waals surface area contributed by atoms with E-state index in [1.807, 2.05) is 0 Å². The van der Waals surface area contributed by atoms with Gasteiger partial charge >= 0.3 is 0 Å². The van der Waals surface area contributed by atoms with Gasteiger partial charge in [-0.2, -0.15) is 0 Å². The third kappa shape index (κ3) is 2.27. The summed E-state index contributed by atoms with van der Waals surface area (Å²) in [6, 6.07) is 8.58. The van der Waals surface area contributed by atoms with E-state index in [2.05, 4.69) is 36.1 Å². The van der Waals surface area contributed by atoms with Crippen molar-refractivity contribution in [2.24, 2.45) is 10.9 Å². The molecule has 0 radical (unpaired) electrons. The van der Waals surface area contributed by atoms with Crippen LogP contribution in [0.5, 0.6) is 0 Å². The number of fused-ring (bicyclic) bond motifs is 3. The van der Waals surface area contributed by atoms with Crippen molar-refractivity contribution in [2.45, 2.75) is 26.3 Å². The molecule has 3 heterocycles. The van der Waals surface area contributed by atoms with Crippen LogP contribution in [-0.4, -0.2) is 30.2 Å². The lowest BCUT2D eigenvalue weighted by Crippen LogP contribution is -2.47. The molecule has 0 unspecified atom stereocenters. The van der Waals surface area contributed by atoms with Crippen LogP contribution in [0.3, 0.4) is 0 Å². The second-order valence-electron chi connectivity index (χ2n) is 5.28. The van der Waals surface area contributed by atoms with Gasteiger partial charge in [0, 0.05) is 18.2 Å². The first kappa shape index (κ1) is 11.0. The molecule has 0 amide bonds. The van der Waals surface area contributed by atoms with Gasteiger partial charge in [0.1, 0.15) is 0 Å². The third-order valence-electron chi connectivity index (χ3n) is 4.16. The van der Waals surface area contributed by atoms with Gasteiger partial charge in [-0.15, -0.1) is 0 Å². The molecule has 1 aromatic carbocycles. The van der Waals surface area contributed by atoms with E-state index < -0.39 is 0 Å². The summed E-state index contributed by atoms with van der Waals surface area (Å²) in [7, 11) is 0. The lowest BCUT2D eigenvalue weighted by atomic mass is 9.86. The summed E-state index contributed by atoms with van der Waals surface area (Å²) in [5.74, 6) is 0.781. The zero-order valence-electron chi connectivity index (χ0n) is 10.5. The molecular formula is C15H20N2. The third-order valence-corrected chi connectivity index (χ3v) is 4.16. The second-order valence-corrected chi connectivity index (χ2v) is 5.28. The second kappa shape index (κ2) is 4.61. The summed E-state index contributed by atoms with van der Waals surface area (Å²) in [6.45, 7) is 6.73. The normalized spacial score (nSPS) is 29.8. The number of aryl methyl sites for hydroxylation is 1. The Labute approximate surface area is 103 Å². The Bertz CT molecular complexity index is 428. The van der Waals surface area contributed by atoms with Crippen LogP contribution in [0.4, 0.5) is 0 Å². The summed E-state index contributed by atoms with van der Waals surface area (Å²) in [5, 5.41) is 0. The largest absolute Gasteiger partial charge is 0.298 e. The Morgan fingerprint density at radius 1 is 1.24 bits per heavy atom. The van der Waals surface area contributed by atoms with Gasteiger partial charge in [0.05, 0.1) is 6.54 Å². The highest BCUT2D eigenvalue weighted by molar-refractivity contribution is 5.90. The number of piperidine rings is 3. The molecule has 2 bridgehead atoms. The monoisotopic (exact) mass is 228 g/mol. The van der Waals surface area contributed by atoms with Crippen LogP contribution in [0, 0.1) is 12.8 Å². The lowest BCUT2D eigenvalue weighted by Gasteiger charge is -2.40. The van der Waals surface area contributed by atoms with Crippen LogP contribution in [0.2, 0.25) is 0 Å². The lowest BCUT2D eigenvalue weighted by molar-refractivity contribution is 0.200. The van der Waals surface area contributed by atoms with E-state index in [0.29, 0.717) is 0 Å². The van der Waals surface area contributed by atoms with Crippen molar-refractivity contribution in [3.63, 3.8) is 0 Å². The van der Waals surface area contributed by atoms with Crippen molar-refractivity contribution < 1.29 is 0 Å². The molecular weight excluding hydrogens is 208 g/mol. The highest BCUT2D eigenvalue weighted by atomic mass is 15.2.